The summed E-state index contributed by atoms with van der Waals surface area (Å²) >= 11 is 5.15. The average Bonchev–Trinajstić information content (AvgIpc) is 2.49. The van der Waals surface area contributed by atoms with Crippen LogP contribution in [0.15, 0.2) is 24.3 Å². The molecule has 1 amide bonds. The molecular formula is C15H22N3O2S+. The first kappa shape index (κ1) is 15.9. The lowest BCUT2D eigenvalue weighted by molar-refractivity contribution is -0.906. The Morgan fingerprint density at radius 3 is 2.62 bits per heavy atom. The first-order chi connectivity index (χ1) is 10.1. The van der Waals surface area contributed by atoms with Gasteiger partial charge in [-0.25, -0.2) is 0 Å². The molecule has 0 aromatic heterocycles. The van der Waals surface area contributed by atoms with Crippen molar-refractivity contribution in [2.75, 3.05) is 39.4 Å². The summed E-state index contributed by atoms with van der Waals surface area (Å²) in [7, 11) is 0. The number of morpholine rings is 1. The molecule has 1 aromatic rings. The number of thiocarbonyl (C=S) groups is 1. The second kappa shape index (κ2) is 8.07. The van der Waals surface area contributed by atoms with Crippen LogP contribution in [0.1, 0.15) is 15.9 Å². The van der Waals surface area contributed by atoms with Gasteiger partial charge in [0.2, 0.25) is 0 Å². The fraction of sp³-hybridized carbons (Fsp3) is 0.467. The smallest absolute Gasteiger partial charge is 0.257 e. The largest absolute Gasteiger partial charge is 0.370 e. The Morgan fingerprint density at radius 2 is 1.95 bits per heavy atom. The van der Waals surface area contributed by atoms with Crippen LogP contribution in [0.5, 0.6) is 0 Å². The molecule has 5 nitrogen and oxygen atoms in total. The number of hydrogen-bond donors (Lipinski definition) is 3. The number of aryl methyl sites for hydroxylation is 1. The van der Waals surface area contributed by atoms with E-state index in [0.717, 1.165) is 45.0 Å². The van der Waals surface area contributed by atoms with Crippen molar-refractivity contribution in [1.29, 1.82) is 0 Å². The molecule has 3 N–H and O–H groups in total. The minimum atomic E-state index is -0.175. The fourth-order valence-electron chi connectivity index (χ4n) is 2.19. The zero-order valence-corrected chi connectivity index (χ0v) is 13.1. The molecule has 114 valence electrons. The van der Waals surface area contributed by atoms with Gasteiger partial charge in [-0.05, 0) is 31.3 Å². The average molecular weight is 308 g/mol. The molecule has 1 saturated heterocycles. The normalized spacial score (nSPS) is 15.5. The van der Waals surface area contributed by atoms with E-state index in [-0.39, 0.29) is 5.91 Å². The highest BCUT2D eigenvalue weighted by molar-refractivity contribution is 7.80. The van der Waals surface area contributed by atoms with Crippen molar-refractivity contribution in [2.45, 2.75) is 6.92 Å². The molecule has 6 heteroatoms. The summed E-state index contributed by atoms with van der Waals surface area (Å²) in [4.78, 5) is 13.5. The van der Waals surface area contributed by atoms with Crippen molar-refractivity contribution in [2.24, 2.45) is 0 Å². The van der Waals surface area contributed by atoms with Crippen molar-refractivity contribution >= 4 is 23.2 Å². The molecule has 0 spiro atoms. The van der Waals surface area contributed by atoms with Crippen molar-refractivity contribution < 1.29 is 14.4 Å². The number of benzene rings is 1. The van der Waals surface area contributed by atoms with E-state index in [0.29, 0.717) is 10.7 Å². The summed E-state index contributed by atoms with van der Waals surface area (Å²) in [6, 6.07) is 7.41. The summed E-state index contributed by atoms with van der Waals surface area (Å²) in [5.41, 5.74) is 1.74. The Balaban J connectivity index is 1.68. The van der Waals surface area contributed by atoms with Gasteiger partial charge in [0.25, 0.3) is 5.91 Å². The monoisotopic (exact) mass is 308 g/mol. The first-order valence-electron chi connectivity index (χ1n) is 7.22. The summed E-state index contributed by atoms with van der Waals surface area (Å²) in [6.07, 6.45) is 0. The molecule has 0 unspecified atom stereocenters. The van der Waals surface area contributed by atoms with Gasteiger partial charge in [0.1, 0.15) is 13.1 Å². The number of carbonyl (C=O) groups is 1. The summed E-state index contributed by atoms with van der Waals surface area (Å²) in [5, 5.41) is 6.16. The van der Waals surface area contributed by atoms with Crippen LogP contribution in [-0.2, 0) is 4.74 Å². The number of ether oxygens (including phenoxy) is 1. The highest BCUT2D eigenvalue weighted by Crippen LogP contribution is 2.02. The Hall–Kier alpha value is -1.50. The van der Waals surface area contributed by atoms with E-state index in [1.165, 1.54) is 4.90 Å². The molecule has 1 aliphatic heterocycles. The van der Waals surface area contributed by atoms with Crippen molar-refractivity contribution in [3.8, 4) is 0 Å². The van der Waals surface area contributed by atoms with E-state index in [1.54, 1.807) is 12.1 Å². The fourth-order valence-corrected chi connectivity index (χ4v) is 2.38. The Morgan fingerprint density at radius 1 is 1.29 bits per heavy atom. The number of hydrogen-bond acceptors (Lipinski definition) is 3. The van der Waals surface area contributed by atoms with Crippen molar-refractivity contribution in [1.82, 2.24) is 10.6 Å². The van der Waals surface area contributed by atoms with Crippen LogP contribution in [0.2, 0.25) is 0 Å². The lowest BCUT2D eigenvalue weighted by Crippen LogP contribution is -3.14. The zero-order chi connectivity index (χ0) is 15.1. The lowest BCUT2D eigenvalue weighted by Gasteiger charge is -2.23. The van der Waals surface area contributed by atoms with Crippen LogP contribution < -0.4 is 15.5 Å². The number of carbonyl (C=O) groups excluding carboxylic acids is 1. The Kier molecular flexibility index (Phi) is 6.10. The molecule has 1 aliphatic rings. The zero-order valence-electron chi connectivity index (χ0n) is 12.3. The molecule has 0 radical (unpaired) electrons. The molecule has 0 aliphatic carbocycles. The van der Waals surface area contributed by atoms with Gasteiger partial charge in [-0.3, -0.25) is 10.1 Å². The highest BCUT2D eigenvalue weighted by Gasteiger charge is 2.13. The summed E-state index contributed by atoms with van der Waals surface area (Å²) < 4.78 is 5.31. The van der Waals surface area contributed by atoms with E-state index < -0.39 is 0 Å². The summed E-state index contributed by atoms with van der Waals surface area (Å²) in [6.45, 7) is 7.43. The van der Waals surface area contributed by atoms with E-state index in [1.807, 2.05) is 19.1 Å². The van der Waals surface area contributed by atoms with Gasteiger partial charge >= 0.3 is 0 Å². The van der Waals surface area contributed by atoms with Crippen LogP contribution in [-0.4, -0.2) is 50.4 Å². The maximum Gasteiger partial charge on any atom is 0.257 e. The standard InChI is InChI=1S/C15H21N3O2S/c1-12-2-4-13(5-3-12)14(19)17-15(21)16-6-7-18-8-10-20-11-9-18/h2-5H,6-11H2,1H3,(H2,16,17,19,21)/p+1. The van der Waals surface area contributed by atoms with Crippen molar-refractivity contribution in [3.05, 3.63) is 35.4 Å². The molecular weight excluding hydrogens is 286 g/mol. The van der Waals surface area contributed by atoms with Crippen LogP contribution in [0.25, 0.3) is 0 Å². The van der Waals surface area contributed by atoms with E-state index in [2.05, 4.69) is 10.6 Å². The first-order valence-corrected chi connectivity index (χ1v) is 7.63. The highest BCUT2D eigenvalue weighted by atomic mass is 32.1. The molecule has 1 aromatic carbocycles. The second-order valence-electron chi connectivity index (χ2n) is 5.19. The molecule has 1 heterocycles. The number of amides is 1. The Bertz CT molecular complexity index is 484. The van der Waals surface area contributed by atoms with E-state index in [9.17, 15) is 4.79 Å². The molecule has 0 bridgehead atoms. The van der Waals surface area contributed by atoms with Gasteiger partial charge in [-0.2, -0.15) is 0 Å². The number of rotatable bonds is 4. The van der Waals surface area contributed by atoms with Crippen LogP contribution in [0.4, 0.5) is 0 Å². The summed E-state index contributed by atoms with van der Waals surface area (Å²) in [5.74, 6) is -0.175. The predicted octanol–water partition coefficient (Wildman–Crippen LogP) is -0.486. The Labute approximate surface area is 130 Å². The molecule has 0 atom stereocenters. The number of quaternary nitrogens is 1. The van der Waals surface area contributed by atoms with Crippen LogP contribution in [0.3, 0.4) is 0 Å². The number of nitrogens with one attached hydrogen (secondary N) is 3. The van der Waals surface area contributed by atoms with E-state index in [4.69, 9.17) is 17.0 Å². The topological polar surface area (TPSA) is 54.8 Å². The van der Waals surface area contributed by atoms with Crippen LogP contribution in [0, 0.1) is 6.92 Å². The quantitative estimate of drug-likeness (QED) is 0.658. The van der Waals surface area contributed by atoms with E-state index >= 15 is 0 Å². The SMILES string of the molecule is Cc1ccc(C(=O)NC(=S)NCC[NH+]2CCOCC2)cc1. The van der Waals surface area contributed by atoms with Gasteiger partial charge < -0.3 is 15.0 Å². The third-order valence-corrected chi connectivity index (χ3v) is 3.75. The molecule has 0 saturated carbocycles. The minimum Gasteiger partial charge on any atom is -0.370 e. The molecule has 2 rings (SSSR count). The van der Waals surface area contributed by atoms with Crippen LogP contribution >= 0.6 is 12.2 Å². The van der Waals surface area contributed by atoms with Gasteiger partial charge in [-0.1, -0.05) is 17.7 Å². The minimum absolute atomic E-state index is 0.175. The molecule has 21 heavy (non-hydrogen) atoms. The van der Waals surface area contributed by atoms with Gasteiger partial charge in [-0.15, -0.1) is 0 Å². The third kappa shape index (κ3) is 5.41. The second-order valence-corrected chi connectivity index (χ2v) is 5.60. The van der Waals surface area contributed by atoms with Gasteiger partial charge in [0.15, 0.2) is 5.11 Å². The van der Waals surface area contributed by atoms with Crippen molar-refractivity contribution in [3.63, 3.8) is 0 Å². The van der Waals surface area contributed by atoms with Gasteiger partial charge in [0.05, 0.1) is 26.3 Å². The van der Waals surface area contributed by atoms with Gasteiger partial charge in [0, 0.05) is 5.56 Å². The predicted molar refractivity (Wildman–Crippen MR) is 85.6 cm³/mol. The third-order valence-electron chi connectivity index (χ3n) is 3.50. The maximum atomic E-state index is 12.0. The lowest BCUT2D eigenvalue weighted by atomic mass is 10.1. The maximum absolute atomic E-state index is 12.0. The molecule has 1 fully saturated rings.